The van der Waals surface area contributed by atoms with Crippen molar-refractivity contribution in [3.05, 3.63) is 18.2 Å². The predicted octanol–water partition coefficient (Wildman–Crippen LogP) is 2.26. The lowest BCUT2D eigenvalue weighted by Crippen LogP contribution is -2.20. The summed E-state index contributed by atoms with van der Waals surface area (Å²) >= 11 is 0. The van der Waals surface area contributed by atoms with E-state index in [2.05, 4.69) is 5.32 Å². The molecule has 1 atom stereocenters. The van der Waals surface area contributed by atoms with E-state index < -0.39 is 0 Å². The van der Waals surface area contributed by atoms with Crippen LogP contribution in [0.15, 0.2) is 18.2 Å². The average Bonchev–Trinajstić information content (AvgIpc) is 2.76. The van der Waals surface area contributed by atoms with Gasteiger partial charge in [-0.1, -0.05) is 6.07 Å². The van der Waals surface area contributed by atoms with Gasteiger partial charge < -0.3 is 20.5 Å². The summed E-state index contributed by atoms with van der Waals surface area (Å²) < 4.78 is 11.0. The highest BCUT2D eigenvalue weighted by atomic mass is 16.5. The minimum absolute atomic E-state index is 0.127. The normalized spacial score (nSPS) is 19.6. The van der Waals surface area contributed by atoms with Crippen LogP contribution in [0.4, 0.5) is 11.4 Å². The molecule has 4 nitrogen and oxygen atoms in total. The SMILES string of the molecule is CC(C)Oc1cccc(NC2CCOC2)c1N. The standard InChI is InChI=1S/C13H20N2O2/c1-9(2)17-12-5-3-4-11(13(12)14)15-10-6-7-16-8-10/h3-5,9-10,15H,6-8,14H2,1-2H3. The molecule has 1 unspecified atom stereocenters. The first-order chi connectivity index (χ1) is 8.16. The Morgan fingerprint density at radius 1 is 1.47 bits per heavy atom. The lowest BCUT2D eigenvalue weighted by atomic mass is 10.2. The summed E-state index contributed by atoms with van der Waals surface area (Å²) in [5, 5.41) is 3.39. The van der Waals surface area contributed by atoms with Crippen LogP contribution in [0.25, 0.3) is 0 Å². The first-order valence-electron chi connectivity index (χ1n) is 6.06. The van der Waals surface area contributed by atoms with Crippen molar-refractivity contribution in [3.63, 3.8) is 0 Å². The van der Waals surface area contributed by atoms with Crippen molar-refractivity contribution in [2.24, 2.45) is 0 Å². The Bertz CT molecular complexity index is 374. The number of nitrogens with two attached hydrogens (primary N) is 1. The fourth-order valence-electron chi connectivity index (χ4n) is 1.89. The fourth-order valence-corrected chi connectivity index (χ4v) is 1.89. The van der Waals surface area contributed by atoms with E-state index in [0.29, 0.717) is 11.7 Å². The third-order valence-corrected chi connectivity index (χ3v) is 2.72. The summed E-state index contributed by atoms with van der Waals surface area (Å²) in [6.07, 6.45) is 1.15. The van der Waals surface area contributed by atoms with Gasteiger partial charge in [-0.2, -0.15) is 0 Å². The number of para-hydroxylation sites is 1. The summed E-state index contributed by atoms with van der Waals surface area (Å²) in [6.45, 7) is 5.54. The molecule has 0 radical (unpaired) electrons. The van der Waals surface area contributed by atoms with Crippen LogP contribution < -0.4 is 15.8 Å². The van der Waals surface area contributed by atoms with Crippen LogP contribution in [0.2, 0.25) is 0 Å². The largest absolute Gasteiger partial charge is 0.489 e. The Kier molecular flexibility index (Phi) is 3.74. The van der Waals surface area contributed by atoms with Gasteiger partial charge in [-0.3, -0.25) is 0 Å². The van der Waals surface area contributed by atoms with Crippen molar-refractivity contribution < 1.29 is 9.47 Å². The number of hydrogen-bond donors (Lipinski definition) is 2. The van der Waals surface area contributed by atoms with E-state index in [1.165, 1.54) is 0 Å². The molecule has 17 heavy (non-hydrogen) atoms. The summed E-state index contributed by atoms with van der Waals surface area (Å²) in [7, 11) is 0. The van der Waals surface area contributed by atoms with Crippen molar-refractivity contribution in [2.45, 2.75) is 32.4 Å². The zero-order valence-corrected chi connectivity index (χ0v) is 10.4. The molecule has 3 N–H and O–H groups in total. The molecule has 94 valence electrons. The molecule has 0 bridgehead atoms. The maximum Gasteiger partial charge on any atom is 0.144 e. The van der Waals surface area contributed by atoms with E-state index in [4.69, 9.17) is 15.2 Å². The lowest BCUT2D eigenvalue weighted by Gasteiger charge is -2.18. The van der Waals surface area contributed by atoms with E-state index >= 15 is 0 Å². The number of ether oxygens (including phenoxy) is 2. The third kappa shape index (κ3) is 3.03. The lowest BCUT2D eigenvalue weighted by molar-refractivity contribution is 0.195. The van der Waals surface area contributed by atoms with E-state index in [9.17, 15) is 0 Å². The zero-order valence-electron chi connectivity index (χ0n) is 10.4. The molecule has 4 heteroatoms. The molecule has 0 amide bonds. The van der Waals surface area contributed by atoms with Crippen LogP contribution in [-0.2, 0) is 4.74 Å². The predicted molar refractivity (Wildman–Crippen MR) is 69.5 cm³/mol. The Balaban J connectivity index is 2.10. The highest BCUT2D eigenvalue weighted by Gasteiger charge is 2.17. The Morgan fingerprint density at radius 2 is 2.29 bits per heavy atom. The highest BCUT2D eigenvalue weighted by molar-refractivity contribution is 5.73. The van der Waals surface area contributed by atoms with E-state index in [1.807, 2.05) is 32.0 Å². The van der Waals surface area contributed by atoms with E-state index in [-0.39, 0.29) is 6.10 Å². The summed E-state index contributed by atoms with van der Waals surface area (Å²) in [5.74, 6) is 0.740. The fraction of sp³-hybridized carbons (Fsp3) is 0.538. The van der Waals surface area contributed by atoms with Crippen LogP contribution >= 0.6 is 0 Å². The minimum Gasteiger partial charge on any atom is -0.489 e. The smallest absolute Gasteiger partial charge is 0.144 e. The maximum atomic E-state index is 6.08. The maximum absolute atomic E-state index is 6.08. The first kappa shape index (κ1) is 12.0. The Labute approximate surface area is 102 Å². The molecule has 2 rings (SSSR count). The van der Waals surface area contributed by atoms with Gasteiger partial charge in [-0.05, 0) is 32.4 Å². The molecular formula is C13H20N2O2. The topological polar surface area (TPSA) is 56.5 Å². The number of rotatable bonds is 4. The second-order valence-corrected chi connectivity index (χ2v) is 4.59. The van der Waals surface area contributed by atoms with Gasteiger partial charge in [0, 0.05) is 6.61 Å². The van der Waals surface area contributed by atoms with Gasteiger partial charge in [0.05, 0.1) is 30.1 Å². The molecule has 1 heterocycles. The minimum atomic E-state index is 0.127. The molecule has 1 aromatic rings. The molecule has 1 fully saturated rings. The Morgan fingerprint density at radius 3 is 2.94 bits per heavy atom. The zero-order chi connectivity index (χ0) is 12.3. The van der Waals surface area contributed by atoms with Crippen LogP contribution in [0.5, 0.6) is 5.75 Å². The summed E-state index contributed by atoms with van der Waals surface area (Å²) in [6, 6.07) is 6.17. The quantitative estimate of drug-likeness (QED) is 0.787. The van der Waals surface area contributed by atoms with Gasteiger partial charge in [0.2, 0.25) is 0 Å². The molecule has 1 aliphatic heterocycles. The monoisotopic (exact) mass is 236 g/mol. The van der Waals surface area contributed by atoms with Gasteiger partial charge in [-0.25, -0.2) is 0 Å². The number of nitrogen functional groups attached to an aromatic ring is 1. The van der Waals surface area contributed by atoms with Gasteiger partial charge in [-0.15, -0.1) is 0 Å². The second kappa shape index (κ2) is 5.27. The first-order valence-corrected chi connectivity index (χ1v) is 6.06. The molecule has 0 aliphatic carbocycles. The van der Waals surface area contributed by atoms with Crippen LogP contribution in [0.3, 0.4) is 0 Å². The van der Waals surface area contributed by atoms with Crippen molar-refractivity contribution in [3.8, 4) is 5.75 Å². The van der Waals surface area contributed by atoms with Crippen molar-refractivity contribution in [2.75, 3.05) is 24.3 Å². The van der Waals surface area contributed by atoms with E-state index in [1.54, 1.807) is 0 Å². The molecule has 0 saturated carbocycles. The summed E-state index contributed by atoms with van der Waals surface area (Å²) in [4.78, 5) is 0. The van der Waals surface area contributed by atoms with Gasteiger partial charge in [0.1, 0.15) is 5.75 Å². The van der Waals surface area contributed by atoms with Crippen molar-refractivity contribution >= 4 is 11.4 Å². The molecule has 1 saturated heterocycles. The van der Waals surface area contributed by atoms with Crippen molar-refractivity contribution in [1.82, 2.24) is 0 Å². The number of benzene rings is 1. The molecule has 1 aromatic carbocycles. The van der Waals surface area contributed by atoms with Gasteiger partial charge in [0.25, 0.3) is 0 Å². The summed E-state index contributed by atoms with van der Waals surface area (Å²) in [5.41, 5.74) is 7.68. The Hall–Kier alpha value is -1.42. The van der Waals surface area contributed by atoms with Crippen LogP contribution in [-0.4, -0.2) is 25.4 Å². The van der Waals surface area contributed by atoms with Gasteiger partial charge in [0.15, 0.2) is 0 Å². The average molecular weight is 236 g/mol. The van der Waals surface area contributed by atoms with Crippen LogP contribution in [0.1, 0.15) is 20.3 Å². The van der Waals surface area contributed by atoms with Crippen molar-refractivity contribution in [1.29, 1.82) is 0 Å². The molecular weight excluding hydrogens is 216 g/mol. The second-order valence-electron chi connectivity index (χ2n) is 4.59. The van der Waals surface area contributed by atoms with Gasteiger partial charge >= 0.3 is 0 Å². The number of hydrogen-bond acceptors (Lipinski definition) is 4. The molecule has 1 aliphatic rings. The number of anilines is 2. The third-order valence-electron chi connectivity index (χ3n) is 2.72. The van der Waals surface area contributed by atoms with Crippen LogP contribution in [0, 0.1) is 0 Å². The van der Waals surface area contributed by atoms with E-state index in [0.717, 1.165) is 31.1 Å². The number of nitrogens with one attached hydrogen (secondary N) is 1. The highest BCUT2D eigenvalue weighted by Crippen LogP contribution is 2.31. The molecule has 0 spiro atoms. The molecule has 0 aromatic heterocycles.